The van der Waals surface area contributed by atoms with Gasteiger partial charge in [0.15, 0.2) is 11.5 Å². The highest BCUT2D eigenvalue weighted by molar-refractivity contribution is 5.88. The maximum Gasteiger partial charge on any atom is 0.182 e. The first-order valence-corrected chi connectivity index (χ1v) is 11.2. The normalized spacial score (nSPS) is 16.1. The predicted molar refractivity (Wildman–Crippen MR) is 126 cm³/mol. The first-order chi connectivity index (χ1) is 17.0. The van der Waals surface area contributed by atoms with Gasteiger partial charge in [-0.2, -0.15) is 5.10 Å². The summed E-state index contributed by atoms with van der Waals surface area (Å²) in [5.41, 5.74) is 5.38. The Morgan fingerprint density at radius 3 is 2.69 bits per heavy atom. The van der Waals surface area contributed by atoms with Gasteiger partial charge in [-0.25, -0.2) is 33.2 Å². The molecule has 6 rings (SSSR count). The van der Waals surface area contributed by atoms with E-state index in [-0.39, 0.29) is 17.4 Å². The van der Waals surface area contributed by atoms with E-state index in [1.807, 2.05) is 44.3 Å². The van der Waals surface area contributed by atoms with Gasteiger partial charge in [0.2, 0.25) is 0 Å². The molecule has 1 aromatic carbocycles. The smallest absolute Gasteiger partial charge is 0.182 e. The highest BCUT2D eigenvalue weighted by Gasteiger charge is 2.23. The summed E-state index contributed by atoms with van der Waals surface area (Å²) < 4.78 is 36.2. The van der Waals surface area contributed by atoms with Gasteiger partial charge in [0.1, 0.15) is 28.9 Å². The molecule has 1 atom stereocenters. The van der Waals surface area contributed by atoms with Gasteiger partial charge < -0.3 is 4.74 Å². The predicted octanol–water partition coefficient (Wildman–Crippen LogP) is 5.17. The molecule has 0 amide bonds. The van der Waals surface area contributed by atoms with Crippen molar-refractivity contribution in [3.63, 3.8) is 0 Å². The third-order valence-corrected chi connectivity index (χ3v) is 6.19. The van der Waals surface area contributed by atoms with E-state index < -0.39 is 11.6 Å². The number of benzene rings is 1. The van der Waals surface area contributed by atoms with E-state index in [9.17, 15) is 8.78 Å². The first kappa shape index (κ1) is 21.4. The Kier molecular flexibility index (Phi) is 5.07. The molecule has 0 fully saturated rings. The van der Waals surface area contributed by atoms with Crippen LogP contribution in [0.4, 0.5) is 8.78 Å². The Bertz CT molecular complexity index is 1640. The summed E-state index contributed by atoms with van der Waals surface area (Å²) in [5, 5.41) is 4.23. The van der Waals surface area contributed by atoms with E-state index in [0.717, 1.165) is 28.4 Å². The lowest BCUT2D eigenvalue weighted by atomic mass is 10.0. The molecule has 35 heavy (non-hydrogen) atoms. The van der Waals surface area contributed by atoms with Crippen LogP contribution in [0.3, 0.4) is 0 Å². The Morgan fingerprint density at radius 2 is 1.83 bits per heavy atom. The number of fused-ring (bicyclic) bond motifs is 2. The number of halogens is 2. The molecule has 4 aromatic heterocycles. The van der Waals surface area contributed by atoms with Gasteiger partial charge in [0.25, 0.3) is 0 Å². The lowest BCUT2D eigenvalue weighted by Gasteiger charge is -2.22. The second kappa shape index (κ2) is 8.28. The molecule has 0 bridgehead atoms. The molecule has 1 unspecified atom stereocenters. The maximum atomic E-state index is 14.8. The third kappa shape index (κ3) is 3.83. The Balaban J connectivity index is 1.51. The minimum Gasteiger partial charge on any atom is -0.369 e. The molecule has 1 aliphatic rings. The number of ether oxygens (including phenoxy) is 1. The number of hydrogen-bond acceptors (Lipinski definition) is 6. The van der Waals surface area contributed by atoms with Crippen LogP contribution in [-0.2, 0) is 4.74 Å². The van der Waals surface area contributed by atoms with Crippen molar-refractivity contribution in [1.82, 2.24) is 29.5 Å². The quantitative estimate of drug-likeness (QED) is 0.362. The summed E-state index contributed by atoms with van der Waals surface area (Å²) in [4.78, 5) is 18.6. The van der Waals surface area contributed by atoms with E-state index in [1.54, 1.807) is 10.7 Å². The summed E-state index contributed by atoms with van der Waals surface area (Å²) >= 11 is 0. The van der Waals surface area contributed by atoms with E-state index >= 15 is 0 Å². The maximum absolute atomic E-state index is 14.8. The van der Waals surface area contributed by atoms with Crippen LogP contribution in [0.1, 0.15) is 35.3 Å². The van der Waals surface area contributed by atoms with Crippen molar-refractivity contribution in [2.75, 3.05) is 6.61 Å². The Labute approximate surface area is 199 Å². The molecule has 0 saturated heterocycles. The number of nitrogens with zero attached hydrogens (tertiary/aromatic N) is 6. The van der Waals surface area contributed by atoms with Crippen LogP contribution in [0.5, 0.6) is 0 Å². The average molecular weight is 470 g/mol. The van der Waals surface area contributed by atoms with Gasteiger partial charge in [0.05, 0.1) is 23.5 Å². The van der Waals surface area contributed by atoms with Gasteiger partial charge in [-0.05, 0) is 67.8 Å². The molecule has 0 spiro atoms. The molecular formula is C26H20F2N6O. The van der Waals surface area contributed by atoms with E-state index in [1.165, 1.54) is 12.1 Å². The van der Waals surface area contributed by atoms with E-state index in [0.29, 0.717) is 35.7 Å². The van der Waals surface area contributed by atoms with Crippen molar-refractivity contribution in [2.24, 2.45) is 0 Å². The van der Waals surface area contributed by atoms with Crippen LogP contribution in [0.15, 0.2) is 54.9 Å². The summed E-state index contributed by atoms with van der Waals surface area (Å²) in [6.45, 7) is 4.14. The van der Waals surface area contributed by atoms with Crippen LogP contribution in [0.2, 0.25) is 0 Å². The van der Waals surface area contributed by atoms with E-state index in [2.05, 4.69) is 20.1 Å². The van der Waals surface area contributed by atoms with Crippen LogP contribution in [0.25, 0.3) is 33.5 Å². The van der Waals surface area contributed by atoms with E-state index in [4.69, 9.17) is 9.72 Å². The molecule has 174 valence electrons. The zero-order chi connectivity index (χ0) is 24.1. The molecule has 0 N–H and O–H groups in total. The number of aryl methyl sites for hydroxylation is 2. The lowest BCUT2D eigenvalue weighted by Crippen LogP contribution is -2.13. The average Bonchev–Trinajstić information content (AvgIpc) is 3.33. The largest absolute Gasteiger partial charge is 0.369 e. The fourth-order valence-electron chi connectivity index (χ4n) is 4.23. The Hall–Kier alpha value is -4.11. The van der Waals surface area contributed by atoms with Gasteiger partial charge in [-0.1, -0.05) is 0 Å². The topological polar surface area (TPSA) is 78.1 Å². The first-order valence-electron chi connectivity index (χ1n) is 11.2. The second-order valence-corrected chi connectivity index (χ2v) is 8.48. The van der Waals surface area contributed by atoms with Crippen molar-refractivity contribution in [3.8, 4) is 11.3 Å². The Morgan fingerprint density at radius 1 is 0.971 bits per heavy atom. The summed E-state index contributed by atoms with van der Waals surface area (Å²) in [6.07, 6.45) is 5.90. The van der Waals surface area contributed by atoms with Crippen LogP contribution < -0.4 is 0 Å². The summed E-state index contributed by atoms with van der Waals surface area (Å²) in [6, 6.07) is 9.33. The standard InChI is InChI=1S/C26H20F2N6O/c1-14-15(2)31-26-24(30-14)23(20-4-3-18(27)13-21(20)28)32-25(33-26)17-7-10-35-22(12-17)16-6-9-34-19(11-16)5-8-29-34/h3-6,8-9,11-13,22H,7,10H2,1-2H3. The molecule has 7 nitrogen and oxygen atoms in total. The summed E-state index contributed by atoms with van der Waals surface area (Å²) in [7, 11) is 0. The second-order valence-electron chi connectivity index (χ2n) is 8.48. The summed E-state index contributed by atoms with van der Waals surface area (Å²) in [5.74, 6) is -0.954. The number of rotatable bonds is 3. The van der Waals surface area contributed by atoms with Crippen molar-refractivity contribution in [1.29, 1.82) is 0 Å². The van der Waals surface area contributed by atoms with Crippen LogP contribution >= 0.6 is 0 Å². The molecule has 5 aromatic rings. The zero-order valence-corrected chi connectivity index (χ0v) is 19.0. The zero-order valence-electron chi connectivity index (χ0n) is 19.0. The van der Waals surface area contributed by atoms with Crippen LogP contribution in [-0.4, -0.2) is 36.2 Å². The number of hydrogen-bond donors (Lipinski definition) is 0. The van der Waals surface area contributed by atoms with Gasteiger partial charge in [0, 0.05) is 24.0 Å². The molecule has 5 heterocycles. The van der Waals surface area contributed by atoms with Crippen molar-refractivity contribution in [3.05, 3.63) is 89.3 Å². The fourth-order valence-corrected chi connectivity index (χ4v) is 4.23. The van der Waals surface area contributed by atoms with Crippen molar-refractivity contribution < 1.29 is 13.5 Å². The number of pyridine rings is 1. The molecule has 0 radical (unpaired) electrons. The highest BCUT2D eigenvalue weighted by Crippen LogP contribution is 2.33. The minimum atomic E-state index is -0.719. The molecule has 0 saturated carbocycles. The lowest BCUT2D eigenvalue weighted by molar-refractivity contribution is 0.0826. The highest BCUT2D eigenvalue weighted by atomic mass is 19.1. The monoisotopic (exact) mass is 470 g/mol. The third-order valence-electron chi connectivity index (χ3n) is 6.19. The minimum absolute atomic E-state index is 0.146. The molecule has 1 aliphatic heterocycles. The van der Waals surface area contributed by atoms with Gasteiger partial charge in [-0.3, -0.25) is 0 Å². The molecule has 9 heteroatoms. The van der Waals surface area contributed by atoms with Crippen LogP contribution in [0, 0.1) is 25.5 Å². The number of aromatic nitrogens is 6. The van der Waals surface area contributed by atoms with Gasteiger partial charge in [-0.15, -0.1) is 0 Å². The molecular weight excluding hydrogens is 450 g/mol. The molecule has 0 aliphatic carbocycles. The fraction of sp³-hybridized carbons (Fsp3) is 0.192. The van der Waals surface area contributed by atoms with Crippen molar-refractivity contribution >= 4 is 22.3 Å². The van der Waals surface area contributed by atoms with Gasteiger partial charge >= 0.3 is 0 Å². The van der Waals surface area contributed by atoms with Crippen molar-refractivity contribution in [2.45, 2.75) is 26.4 Å². The SMILES string of the molecule is Cc1nc2nc(C3=CC(c4ccn5nccc5c4)OCC3)nc(-c3ccc(F)cc3F)c2nc1C.